The third-order valence-electron chi connectivity index (χ3n) is 3.29. The molecule has 0 spiro atoms. The molecule has 0 amide bonds. The molecule has 0 bridgehead atoms. The van der Waals surface area contributed by atoms with Crippen molar-refractivity contribution in [3.8, 4) is 0 Å². The molecule has 2 rings (SSSR count). The lowest BCUT2D eigenvalue weighted by Crippen LogP contribution is -2.32. The highest BCUT2D eigenvalue weighted by Gasteiger charge is 2.41. The molecule has 1 aromatic rings. The van der Waals surface area contributed by atoms with Crippen LogP contribution in [0.3, 0.4) is 0 Å². The molecule has 0 aromatic carbocycles. The van der Waals surface area contributed by atoms with Gasteiger partial charge in [0.25, 0.3) is 0 Å². The highest BCUT2D eigenvalue weighted by molar-refractivity contribution is 7.15. The second kappa shape index (κ2) is 5.42. The summed E-state index contributed by atoms with van der Waals surface area (Å²) in [6.07, 6.45) is -1.69. The molecule has 1 N–H and O–H groups in total. The summed E-state index contributed by atoms with van der Waals surface area (Å²) in [5.74, 6) is -1.13. The minimum atomic E-state index is -4.04. The van der Waals surface area contributed by atoms with E-state index in [1.807, 2.05) is 6.92 Å². The van der Waals surface area contributed by atoms with E-state index in [4.69, 9.17) is 0 Å². The maximum Gasteiger partial charge on any atom is 0.391 e. The van der Waals surface area contributed by atoms with Crippen molar-refractivity contribution >= 4 is 16.5 Å². The Morgan fingerprint density at radius 3 is 2.39 bits per heavy atom. The van der Waals surface area contributed by atoms with Gasteiger partial charge in [-0.15, -0.1) is 10.2 Å². The molecular weight excluding hydrogens is 263 g/mol. The predicted octanol–water partition coefficient (Wildman–Crippen LogP) is 3.63. The Morgan fingerprint density at radius 2 is 1.89 bits per heavy atom. The summed E-state index contributed by atoms with van der Waals surface area (Å²) in [6.45, 7) is 2.00. The molecule has 1 aromatic heterocycles. The standard InChI is InChI=1S/C11H16F3N3S/c1-2-9-16-17-10(18-9)15-8-5-3-7(4-6-8)11(12,13)14/h7-8H,2-6H2,1H3,(H,15,17). The Bertz CT molecular complexity index is 383. The zero-order chi connectivity index (χ0) is 13.2. The molecule has 1 fully saturated rings. The van der Waals surface area contributed by atoms with Crippen LogP contribution in [0.4, 0.5) is 18.3 Å². The quantitative estimate of drug-likeness (QED) is 0.918. The number of anilines is 1. The molecule has 0 unspecified atom stereocenters. The van der Waals surface area contributed by atoms with Crippen LogP contribution in [0, 0.1) is 5.92 Å². The lowest BCUT2D eigenvalue weighted by atomic mass is 9.86. The average molecular weight is 279 g/mol. The molecule has 0 radical (unpaired) electrons. The summed E-state index contributed by atoms with van der Waals surface area (Å²) in [6, 6.07) is 0.0984. The Kier molecular flexibility index (Phi) is 4.09. The first-order valence-electron chi connectivity index (χ1n) is 6.14. The fourth-order valence-electron chi connectivity index (χ4n) is 2.19. The van der Waals surface area contributed by atoms with Crippen LogP contribution in [-0.2, 0) is 6.42 Å². The predicted molar refractivity (Wildman–Crippen MR) is 64.7 cm³/mol. The SMILES string of the molecule is CCc1nnc(NC2CCC(C(F)(F)F)CC2)s1. The summed E-state index contributed by atoms with van der Waals surface area (Å²) < 4.78 is 37.5. The maximum absolute atomic E-state index is 12.5. The van der Waals surface area contributed by atoms with Gasteiger partial charge in [0.1, 0.15) is 5.01 Å². The van der Waals surface area contributed by atoms with E-state index >= 15 is 0 Å². The topological polar surface area (TPSA) is 37.8 Å². The van der Waals surface area contributed by atoms with Gasteiger partial charge in [0.15, 0.2) is 0 Å². The Balaban J connectivity index is 1.83. The first-order chi connectivity index (χ1) is 8.49. The normalized spacial score (nSPS) is 25.1. The van der Waals surface area contributed by atoms with E-state index in [9.17, 15) is 13.2 Å². The molecule has 0 atom stereocenters. The van der Waals surface area contributed by atoms with Gasteiger partial charge in [-0.3, -0.25) is 0 Å². The van der Waals surface area contributed by atoms with Gasteiger partial charge in [0.05, 0.1) is 5.92 Å². The van der Waals surface area contributed by atoms with Gasteiger partial charge >= 0.3 is 6.18 Å². The average Bonchev–Trinajstić information content (AvgIpc) is 2.76. The molecule has 18 heavy (non-hydrogen) atoms. The number of alkyl halides is 3. The summed E-state index contributed by atoms with van der Waals surface area (Å²) in [4.78, 5) is 0. The molecule has 1 aliphatic rings. The van der Waals surface area contributed by atoms with Crippen molar-refractivity contribution < 1.29 is 13.2 Å². The van der Waals surface area contributed by atoms with Crippen molar-refractivity contribution in [1.82, 2.24) is 10.2 Å². The molecule has 7 heteroatoms. The van der Waals surface area contributed by atoms with Gasteiger partial charge in [0.2, 0.25) is 5.13 Å². The van der Waals surface area contributed by atoms with E-state index < -0.39 is 12.1 Å². The number of hydrogen-bond acceptors (Lipinski definition) is 4. The fraction of sp³-hybridized carbons (Fsp3) is 0.818. The summed E-state index contributed by atoms with van der Waals surface area (Å²) >= 11 is 1.48. The highest BCUT2D eigenvalue weighted by Crippen LogP contribution is 2.38. The molecular formula is C11H16F3N3S. The van der Waals surface area contributed by atoms with E-state index in [0.29, 0.717) is 12.8 Å². The zero-order valence-corrected chi connectivity index (χ0v) is 10.9. The molecule has 0 aliphatic heterocycles. The van der Waals surface area contributed by atoms with Crippen LogP contribution in [-0.4, -0.2) is 22.4 Å². The first-order valence-corrected chi connectivity index (χ1v) is 6.96. The minimum absolute atomic E-state index is 0.0984. The second-order valence-electron chi connectivity index (χ2n) is 4.59. The van der Waals surface area contributed by atoms with Crippen molar-refractivity contribution in [3.05, 3.63) is 5.01 Å². The van der Waals surface area contributed by atoms with Gasteiger partial charge in [-0.05, 0) is 32.1 Å². The molecule has 3 nitrogen and oxygen atoms in total. The van der Waals surface area contributed by atoms with E-state index in [0.717, 1.165) is 16.6 Å². The van der Waals surface area contributed by atoms with Crippen LogP contribution >= 0.6 is 11.3 Å². The number of halogens is 3. The van der Waals surface area contributed by atoms with Crippen LogP contribution in [0.15, 0.2) is 0 Å². The van der Waals surface area contributed by atoms with Crippen molar-refractivity contribution in [3.63, 3.8) is 0 Å². The van der Waals surface area contributed by atoms with Crippen molar-refractivity contribution in [1.29, 1.82) is 0 Å². The third kappa shape index (κ3) is 3.34. The highest BCUT2D eigenvalue weighted by atomic mass is 32.1. The van der Waals surface area contributed by atoms with Crippen molar-refractivity contribution in [2.75, 3.05) is 5.32 Å². The maximum atomic E-state index is 12.5. The van der Waals surface area contributed by atoms with Crippen LogP contribution in [0.5, 0.6) is 0 Å². The lowest BCUT2D eigenvalue weighted by Gasteiger charge is -2.30. The molecule has 102 valence electrons. The van der Waals surface area contributed by atoms with Crippen LogP contribution in [0.1, 0.15) is 37.6 Å². The number of aryl methyl sites for hydroxylation is 1. The molecule has 1 aliphatic carbocycles. The summed E-state index contributed by atoms with van der Waals surface area (Å²) in [7, 11) is 0. The molecule has 1 heterocycles. The minimum Gasteiger partial charge on any atom is -0.357 e. The van der Waals surface area contributed by atoms with E-state index in [2.05, 4.69) is 15.5 Å². The van der Waals surface area contributed by atoms with E-state index in [-0.39, 0.29) is 18.9 Å². The molecule has 1 saturated carbocycles. The Hall–Kier alpha value is -0.850. The van der Waals surface area contributed by atoms with Crippen molar-refractivity contribution in [2.45, 2.75) is 51.2 Å². The number of aromatic nitrogens is 2. The van der Waals surface area contributed by atoms with Crippen LogP contribution in [0.2, 0.25) is 0 Å². The van der Waals surface area contributed by atoms with Gasteiger partial charge < -0.3 is 5.32 Å². The Labute approximate surface area is 108 Å². The van der Waals surface area contributed by atoms with E-state index in [1.54, 1.807) is 0 Å². The zero-order valence-electron chi connectivity index (χ0n) is 10.1. The van der Waals surface area contributed by atoms with E-state index in [1.165, 1.54) is 11.3 Å². The van der Waals surface area contributed by atoms with Gasteiger partial charge in [-0.2, -0.15) is 13.2 Å². The molecule has 0 saturated heterocycles. The monoisotopic (exact) mass is 279 g/mol. The van der Waals surface area contributed by atoms with Gasteiger partial charge in [-0.1, -0.05) is 18.3 Å². The second-order valence-corrected chi connectivity index (χ2v) is 5.65. The Morgan fingerprint density at radius 1 is 1.22 bits per heavy atom. The van der Waals surface area contributed by atoms with Gasteiger partial charge in [-0.25, -0.2) is 0 Å². The third-order valence-corrected chi connectivity index (χ3v) is 4.29. The fourth-order valence-corrected chi connectivity index (χ4v) is 2.95. The number of nitrogens with zero attached hydrogens (tertiary/aromatic N) is 2. The van der Waals surface area contributed by atoms with Crippen LogP contribution < -0.4 is 5.32 Å². The summed E-state index contributed by atoms with van der Waals surface area (Å²) in [5, 5.41) is 12.8. The smallest absolute Gasteiger partial charge is 0.357 e. The summed E-state index contributed by atoms with van der Waals surface area (Å²) in [5.41, 5.74) is 0. The van der Waals surface area contributed by atoms with Gasteiger partial charge in [0, 0.05) is 6.04 Å². The van der Waals surface area contributed by atoms with Crippen molar-refractivity contribution in [2.24, 2.45) is 5.92 Å². The first kappa shape index (κ1) is 13.6. The number of nitrogens with one attached hydrogen (secondary N) is 1. The number of hydrogen-bond donors (Lipinski definition) is 1. The lowest BCUT2D eigenvalue weighted by molar-refractivity contribution is -0.182. The largest absolute Gasteiger partial charge is 0.391 e. The number of rotatable bonds is 3. The van der Waals surface area contributed by atoms with Crippen LogP contribution in [0.25, 0.3) is 0 Å².